The van der Waals surface area contributed by atoms with Gasteiger partial charge in [0.05, 0.1) is 12.0 Å². The molecule has 0 fully saturated rings. The first kappa shape index (κ1) is 17.4. The Hall–Kier alpha value is -1.63. The molecule has 1 aromatic rings. The molecule has 0 aliphatic carbocycles. The minimum Gasteiger partial charge on any atom is -0.481 e. The van der Waals surface area contributed by atoms with Crippen molar-refractivity contribution >= 4 is 23.3 Å². The summed E-state index contributed by atoms with van der Waals surface area (Å²) in [5.41, 5.74) is 0. The molecule has 0 spiro atoms. The maximum absolute atomic E-state index is 11.8. The maximum atomic E-state index is 11.8. The second-order valence-corrected chi connectivity index (χ2v) is 6.43. The molecule has 0 saturated carbocycles. The van der Waals surface area contributed by atoms with Crippen LogP contribution in [0.3, 0.4) is 0 Å². The van der Waals surface area contributed by atoms with E-state index < -0.39 is 11.9 Å². The number of nitrogens with one attached hydrogen (secondary N) is 2. The van der Waals surface area contributed by atoms with E-state index in [9.17, 15) is 9.59 Å². The molecule has 3 N–H and O–H groups in total. The van der Waals surface area contributed by atoms with Crippen molar-refractivity contribution < 1.29 is 14.7 Å². The van der Waals surface area contributed by atoms with E-state index in [4.69, 9.17) is 5.11 Å². The van der Waals surface area contributed by atoms with E-state index in [-0.39, 0.29) is 24.5 Å². The van der Waals surface area contributed by atoms with Crippen LogP contribution in [0.1, 0.15) is 43.6 Å². The number of aliphatic carboxylic acids is 1. The molecule has 1 aromatic heterocycles. The Morgan fingerprint density at radius 1 is 1.38 bits per heavy atom. The van der Waals surface area contributed by atoms with Crippen LogP contribution in [0, 0.1) is 11.8 Å². The predicted molar refractivity (Wildman–Crippen MR) is 82.4 cm³/mol. The standard InChI is InChI=1S/C14H23N3O3S/c1-5-10-6-15-12(21-10)9(4)17-14(20)16-7-11(8(2)3)13(18)19/h6,8-9,11H,5,7H2,1-4H3,(H,18,19)(H2,16,17,20). The van der Waals surface area contributed by atoms with Crippen LogP contribution in [-0.4, -0.2) is 28.6 Å². The van der Waals surface area contributed by atoms with E-state index in [1.165, 1.54) is 4.88 Å². The minimum absolute atomic E-state index is 0.0358. The molecule has 0 aliphatic heterocycles. The van der Waals surface area contributed by atoms with Gasteiger partial charge in [0.25, 0.3) is 0 Å². The van der Waals surface area contributed by atoms with Gasteiger partial charge in [-0.2, -0.15) is 0 Å². The van der Waals surface area contributed by atoms with Gasteiger partial charge in [-0.25, -0.2) is 9.78 Å². The maximum Gasteiger partial charge on any atom is 0.315 e. The van der Waals surface area contributed by atoms with Crippen LogP contribution >= 0.6 is 11.3 Å². The number of thiazole rings is 1. The monoisotopic (exact) mass is 313 g/mol. The Morgan fingerprint density at radius 3 is 2.52 bits per heavy atom. The Morgan fingerprint density at radius 2 is 2.05 bits per heavy atom. The summed E-state index contributed by atoms with van der Waals surface area (Å²) < 4.78 is 0. The van der Waals surface area contributed by atoms with E-state index in [0.717, 1.165) is 11.4 Å². The van der Waals surface area contributed by atoms with Crippen LogP contribution in [0.25, 0.3) is 0 Å². The molecule has 7 heteroatoms. The lowest BCUT2D eigenvalue weighted by molar-refractivity contribution is -0.142. The fourth-order valence-corrected chi connectivity index (χ4v) is 2.67. The van der Waals surface area contributed by atoms with Crippen molar-refractivity contribution in [2.45, 2.75) is 40.2 Å². The van der Waals surface area contributed by atoms with Crippen LogP contribution < -0.4 is 10.6 Å². The molecule has 0 bridgehead atoms. The lowest BCUT2D eigenvalue weighted by atomic mass is 9.96. The summed E-state index contributed by atoms with van der Waals surface area (Å²) in [6, 6.07) is -0.569. The summed E-state index contributed by atoms with van der Waals surface area (Å²) in [6.07, 6.45) is 2.74. The fraction of sp³-hybridized carbons (Fsp3) is 0.643. The third kappa shape index (κ3) is 5.34. The average molecular weight is 313 g/mol. The topological polar surface area (TPSA) is 91.3 Å². The van der Waals surface area contributed by atoms with Gasteiger partial charge >= 0.3 is 12.0 Å². The molecule has 2 unspecified atom stereocenters. The number of aryl methyl sites for hydroxylation is 1. The summed E-state index contributed by atoms with van der Waals surface area (Å²) in [6.45, 7) is 7.67. The molecule has 0 saturated heterocycles. The van der Waals surface area contributed by atoms with E-state index in [0.29, 0.717) is 0 Å². The highest BCUT2D eigenvalue weighted by molar-refractivity contribution is 7.11. The number of carbonyl (C=O) groups excluding carboxylic acids is 1. The number of hydrogen-bond acceptors (Lipinski definition) is 4. The Bertz CT molecular complexity index is 488. The van der Waals surface area contributed by atoms with E-state index >= 15 is 0 Å². The molecule has 2 atom stereocenters. The number of amides is 2. The summed E-state index contributed by atoms with van der Waals surface area (Å²) in [5, 5.41) is 15.3. The second kappa shape index (κ2) is 7.97. The van der Waals surface area contributed by atoms with Gasteiger partial charge in [0.2, 0.25) is 0 Å². The van der Waals surface area contributed by atoms with Crippen molar-refractivity contribution in [3.8, 4) is 0 Å². The molecule has 0 aromatic carbocycles. The summed E-state index contributed by atoms with van der Waals surface area (Å²) in [7, 11) is 0. The summed E-state index contributed by atoms with van der Waals surface area (Å²) >= 11 is 1.57. The highest BCUT2D eigenvalue weighted by Crippen LogP contribution is 2.20. The molecule has 118 valence electrons. The molecular weight excluding hydrogens is 290 g/mol. The molecule has 2 amide bonds. The van der Waals surface area contributed by atoms with Crippen molar-refractivity contribution in [3.05, 3.63) is 16.1 Å². The molecule has 0 radical (unpaired) electrons. The Kier molecular flexibility index (Phi) is 6.61. The number of hydrogen-bond donors (Lipinski definition) is 3. The van der Waals surface area contributed by atoms with Gasteiger partial charge in [0.1, 0.15) is 5.01 Å². The lowest BCUT2D eigenvalue weighted by Gasteiger charge is -2.18. The summed E-state index contributed by atoms with van der Waals surface area (Å²) in [4.78, 5) is 28.3. The zero-order valence-corrected chi connectivity index (χ0v) is 13.7. The van der Waals surface area contributed by atoms with Gasteiger partial charge in [0.15, 0.2) is 0 Å². The van der Waals surface area contributed by atoms with Crippen molar-refractivity contribution in [3.63, 3.8) is 0 Å². The first-order valence-corrected chi connectivity index (χ1v) is 7.88. The van der Waals surface area contributed by atoms with Gasteiger partial charge in [-0.05, 0) is 19.3 Å². The smallest absolute Gasteiger partial charge is 0.315 e. The van der Waals surface area contributed by atoms with Gasteiger partial charge in [-0.15, -0.1) is 11.3 Å². The molecule has 1 rings (SSSR count). The van der Waals surface area contributed by atoms with E-state index in [1.54, 1.807) is 11.3 Å². The van der Waals surface area contributed by atoms with Crippen LogP contribution in [0.5, 0.6) is 0 Å². The van der Waals surface area contributed by atoms with Crippen molar-refractivity contribution in [2.24, 2.45) is 11.8 Å². The first-order chi connectivity index (χ1) is 9.85. The van der Waals surface area contributed by atoms with Crippen molar-refractivity contribution in [2.75, 3.05) is 6.54 Å². The predicted octanol–water partition coefficient (Wildman–Crippen LogP) is 2.42. The highest BCUT2D eigenvalue weighted by Gasteiger charge is 2.22. The summed E-state index contributed by atoms with van der Waals surface area (Å²) in [5.74, 6) is -1.52. The number of carboxylic acid groups (broad SMARTS) is 1. The Labute approximate surface area is 129 Å². The zero-order valence-electron chi connectivity index (χ0n) is 12.8. The molecule has 0 aliphatic rings. The second-order valence-electron chi connectivity index (χ2n) is 5.28. The van der Waals surface area contributed by atoms with Gasteiger partial charge < -0.3 is 15.7 Å². The number of nitrogens with zero attached hydrogens (tertiary/aromatic N) is 1. The van der Waals surface area contributed by atoms with Gasteiger partial charge in [-0.1, -0.05) is 20.8 Å². The molecule has 6 nitrogen and oxygen atoms in total. The fourth-order valence-electron chi connectivity index (χ4n) is 1.81. The quantitative estimate of drug-likeness (QED) is 0.721. The van der Waals surface area contributed by atoms with Crippen LogP contribution in [0.4, 0.5) is 4.79 Å². The highest BCUT2D eigenvalue weighted by atomic mass is 32.1. The molecule has 21 heavy (non-hydrogen) atoms. The lowest BCUT2D eigenvalue weighted by Crippen LogP contribution is -2.42. The van der Waals surface area contributed by atoms with E-state index in [1.807, 2.05) is 27.0 Å². The zero-order chi connectivity index (χ0) is 16.0. The number of urea groups is 1. The molecular formula is C14H23N3O3S. The van der Waals surface area contributed by atoms with Crippen molar-refractivity contribution in [1.82, 2.24) is 15.6 Å². The number of carboxylic acids is 1. The van der Waals surface area contributed by atoms with Crippen LogP contribution in [0.2, 0.25) is 0 Å². The average Bonchev–Trinajstić information content (AvgIpc) is 2.86. The van der Waals surface area contributed by atoms with Gasteiger partial charge in [-0.3, -0.25) is 4.79 Å². The van der Waals surface area contributed by atoms with Crippen LogP contribution in [0.15, 0.2) is 6.20 Å². The first-order valence-electron chi connectivity index (χ1n) is 7.06. The normalized spacial score (nSPS) is 13.8. The van der Waals surface area contributed by atoms with Crippen LogP contribution in [-0.2, 0) is 11.2 Å². The number of rotatable bonds is 7. The van der Waals surface area contributed by atoms with E-state index in [2.05, 4.69) is 22.5 Å². The third-order valence-electron chi connectivity index (χ3n) is 3.24. The largest absolute Gasteiger partial charge is 0.481 e. The van der Waals surface area contributed by atoms with Gasteiger partial charge in [0, 0.05) is 17.6 Å². The molecule has 1 heterocycles. The van der Waals surface area contributed by atoms with Crippen molar-refractivity contribution in [1.29, 1.82) is 0 Å². The minimum atomic E-state index is -0.897. The number of carbonyl (C=O) groups is 2. The Balaban J connectivity index is 2.47. The number of aromatic nitrogens is 1. The third-order valence-corrected chi connectivity index (χ3v) is 4.57. The SMILES string of the molecule is CCc1cnc(C(C)NC(=O)NCC(C(=O)O)C(C)C)s1.